The van der Waals surface area contributed by atoms with Gasteiger partial charge in [-0.15, -0.1) is 0 Å². The molecule has 1 amide bonds. The van der Waals surface area contributed by atoms with Crippen molar-refractivity contribution in [2.45, 2.75) is 38.6 Å². The van der Waals surface area contributed by atoms with Crippen LogP contribution in [-0.2, 0) is 11.2 Å². The molecule has 1 fully saturated rings. The molecule has 1 aliphatic heterocycles. The van der Waals surface area contributed by atoms with Gasteiger partial charge in [0.2, 0.25) is 5.91 Å². The maximum atomic E-state index is 13.1. The highest BCUT2D eigenvalue weighted by molar-refractivity contribution is 5.79. The lowest BCUT2D eigenvalue weighted by molar-refractivity contribution is -0.134. The average Bonchev–Trinajstić information content (AvgIpc) is 2.93. The summed E-state index contributed by atoms with van der Waals surface area (Å²) in [4.78, 5) is 14.5. The molecule has 0 radical (unpaired) electrons. The van der Waals surface area contributed by atoms with Crippen LogP contribution < -0.4 is 0 Å². The number of amides is 1. The second-order valence-electron chi connectivity index (χ2n) is 5.62. The molecule has 1 saturated heterocycles. The Morgan fingerprint density at radius 2 is 2.09 bits per heavy atom. The van der Waals surface area contributed by atoms with E-state index in [0.29, 0.717) is 17.9 Å². The number of aromatic nitrogens is 2. The van der Waals surface area contributed by atoms with Gasteiger partial charge in [0.1, 0.15) is 17.2 Å². The van der Waals surface area contributed by atoms with E-state index in [-0.39, 0.29) is 24.2 Å². The van der Waals surface area contributed by atoms with Crippen molar-refractivity contribution < 1.29 is 13.8 Å². The molecule has 0 spiro atoms. The highest BCUT2D eigenvalue weighted by Gasteiger charge is 2.28. The van der Waals surface area contributed by atoms with Crippen molar-refractivity contribution in [2.24, 2.45) is 0 Å². The van der Waals surface area contributed by atoms with Crippen LogP contribution in [-0.4, -0.2) is 27.7 Å². The molecular formula is C16H18FN3O2. The topological polar surface area (TPSA) is 59.2 Å². The number of hydrogen-bond donors (Lipinski definition) is 0. The number of carbonyl (C=O) groups excluding carboxylic acids is 1. The number of halogens is 1. The van der Waals surface area contributed by atoms with Crippen molar-refractivity contribution in [1.82, 2.24) is 15.2 Å². The van der Waals surface area contributed by atoms with Gasteiger partial charge >= 0.3 is 0 Å². The molecule has 3 rings (SSSR count). The van der Waals surface area contributed by atoms with Gasteiger partial charge in [0.15, 0.2) is 0 Å². The molecule has 1 aromatic heterocycles. The molecule has 22 heavy (non-hydrogen) atoms. The first-order chi connectivity index (χ1) is 10.6. The number of carbonyl (C=O) groups is 1. The van der Waals surface area contributed by atoms with Crippen LogP contribution in [0.1, 0.15) is 42.3 Å². The maximum Gasteiger partial charge on any atom is 0.229 e. The third kappa shape index (κ3) is 3.00. The quantitative estimate of drug-likeness (QED) is 0.875. The summed E-state index contributed by atoms with van der Waals surface area (Å²) in [5, 5.41) is 7.48. The van der Waals surface area contributed by atoms with E-state index in [1.54, 1.807) is 19.1 Å². The highest BCUT2D eigenvalue weighted by atomic mass is 19.1. The molecule has 1 unspecified atom stereocenters. The summed E-state index contributed by atoms with van der Waals surface area (Å²) < 4.78 is 17.7. The monoisotopic (exact) mass is 303 g/mol. The lowest BCUT2D eigenvalue weighted by Gasteiger charge is -2.36. The molecule has 0 aliphatic carbocycles. The summed E-state index contributed by atoms with van der Waals surface area (Å²) in [6.07, 6.45) is 3.14. The molecule has 0 bridgehead atoms. The first kappa shape index (κ1) is 14.7. The van der Waals surface area contributed by atoms with E-state index < -0.39 is 0 Å². The highest BCUT2D eigenvalue weighted by Crippen LogP contribution is 2.31. The lowest BCUT2D eigenvalue weighted by Crippen LogP contribution is -2.39. The van der Waals surface area contributed by atoms with E-state index in [4.69, 9.17) is 0 Å². The normalized spacial score (nSPS) is 18.5. The van der Waals surface area contributed by atoms with Crippen LogP contribution in [0.5, 0.6) is 0 Å². The Labute approximate surface area is 128 Å². The van der Waals surface area contributed by atoms with Crippen LogP contribution in [0.3, 0.4) is 0 Å². The first-order valence-electron chi connectivity index (χ1n) is 7.48. The molecule has 0 saturated carbocycles. The van der Waals surface area contributed by atoms with Crippen LogP contribution in [0.15, 0.2) is 28.9 Å². The van der Waals surface area contributed by atoms with Crippen LogP contribution >= 0.6 is 0 Å². The van der Waals surface area contributed by atoms with Crippen LogP contribution in [0.4, 0.5) is 4.39 Å². The van der Waals surface area contributed by atoms with Gasteiger partial charge < -0.3 is 4.90 Å². The third-order valence-electron chi connectivity index (χ3n) is 4.14. The Morgan fingerprint density at radius 3 is 2.77 bits per heavy atom. The molecule has 2 heterocycles. The van der Waals surface area contributed by atoms with E-state index >= 15 is 0 Å². The van der Waals surface area contributed by atoms with Gasteiger partial charge in [0.05, 0.1) is 12.5 Å². The predicted molar refractivity (Wildman–Crippen MR) is 77.4 cm³/mol. The Morgan fingerprint density at radius 1 is 1.32 bits per heavy atom. The Kier molecular flexibility index (Phi) is 4.18. The molecule has 2 aromatic rings. The predicted octanol–water partition coefficient (Wildman–Crippen LogP) is 2.81. The standard InChI is InChI=1S/C16H18FN3O2/c1-11-14(19-22-18-11)10-16(21)20-9-3-2-4-15(20)12-5-7-13(17)8-6-12/h5-8,15H,2-4,9-10H2,1H3. The zero-order chi connectivity index (χ0) is 15.5. The Hall–Kier alpha value is -2.24. The molecule has 1 aromatic carbocycles. The second kappa shape index (κ2) is 6.25. The zero-order valence-electron chi connectivity index (χ0n) is 12.5. The molecular weight excluding hydrogens is 285 g/mol. The lowest BCUT2D eigenvalue weighted by atomic mass is 9.94. The molecule has 0 N–H and O–H groups in total. The second-order valence-corrected chi connectivity index (χ2v) is 5.62. The summed E-state index contributed by atoms with van der Waals surface area (Å²) in [5.74, 6) is -0.255. The van der Waals surface area contributed by atoms with Gasteiger partial charge in [-0.2, -0.15) is 0 Å². The van der Waals surface area contributed by atoms with Crippen molar-refractivity contribution in [3.05, 3.63) is 47.0 Å². The van der Waals surface area contributed by atoms with Crippen molar-refractivity contribution >= 4 is 5.91 Å². The van der Waals surface area contributed by atoms with E-state index in [0.717, 1.165) is 24.8 Å². The number of nitrogens with zero attached hydrogens (tertiary/aromatic N) is 3. The fourth-order valence-electron chi connectivity index (χ4n) is 2.92. The number of hydrogen-bond acceptors (Lipinski definition) is 4. The van der Waals surface area contributed by atoms with Crippen molar-refractivity contribution in [3.8, 4) is 0 Å². The van der Waals surface area contributed by atoms with Crippen LogP contribution in [0.25, 0.3) is 0 Å². The minimum Gasteiger partial charge on any atom is -0.335 e. The maximum absolute atomic E-state index is 13.1. The van der Waals surface area contributed by atoms with E-state index in [9.17, 15) is 9.18 Å². The largest absolute Gasteiger partial charge is 0.335 e. The summed E-state index contributed by atoms with van der Waals surface area (Å²) >= 11 is 0. The number of rotatable bonds is 3. The fraction of sp³-hybridized carbons (Fsp3) is 0.438. The number of likely N-dealkylation sites (tertiary alicyclic amines) is 1. The minimum absolute atomic E-state index is 0.00187. The van der Waals surface area contributed by atoms with Crippen molar-refractivity contribution in [1.29, 1.82) is 0 Å². The number of piperidine rings is 1. The van der Waals surface area contributed by atoms with Gasteiger partial charge in [-0.25, -0.2) is 9.02 Å². The molecule has 5 nitrogen and oxygen atoms in total. The van der Waals surface area contributed by atoms with E-state index in [1.165, 1.54) is 12.1 Å². The average molecular weight is 303 g/mol. The molecule has 6 heteroatoms. The molecule has 116 valence electrons. The van der Waals surface area contributed by atoms with E-state index in [1.807, 2.05) is 4.90 Å². The summed E-state index contributed by atoms with van der Waals surface area (Å²) in [5.41, 5.74) is 2.20. The van der Waals surface area contributed by atoms with Gasteiger partial charge in [-0.05, 0) is 43.9 Å². The van der Waals surface area contributed by atoms with Gasteiger partial charge in [-0.1, -0.05) is 22.4 Å². The zero-order valence-corrected chi connectivity index (χ0v) is 12.5. The summed E-state index contributed by atoms with van der Waals surface area (Å²) in [6.45, 7) is 2.48. The summed E-state index contributed by atoms with van der Waals surface area (Å²) in [6, 6.07) is 6.40. The number of benzene rings is 1. The van der Waals surface area contributed by atoms with Gasteiger partial charge in [0, 0.05) is 6.54 Å². The molecule has 1 atom stereocenters. The Balaban J connectivity index is 1.78. The van der Waals surface area contributed by atoms with Crippen LogP contribution in [0, 0.1) is 12.7 Å². The SMILES string of the molecule is Cc1nonc1CC(=O)N1CCCCC1c1ccc(F)cc1. The minimum atomic E-state index is -0.262. The molecule has 1 aliphatic rings. The van der Waals surface area contributed by atoms with Gasteiger partial charge in [0.25, 0.3) is 0 Å². The fourth-order valence-corrected chi connectivity index (χ4v) is 2.92. The van der Waals surface area contributed by atoms with Gasteiger partial charge in [-0.3, -0.25) is 4.79 Å². The Bertz CT molecular complexity index is 654. The smallest absolute Gasteiger partial charge is 0.229 e. The third-order valence-corrected chi connectivity index (χ3v) is 4.14. The van der Waals surface area contributed by atoms with Crippen molar-refractivity contribution in [2.75, 3.05) is 6.54 Å². The van der Waals surface area contributed by atoms with Crippen LogP contribution in [0.2, 0.25) is 0 Å². The van der Waals surface area contributed by atoms with E-state index in [2.05, 4.69) is 14.9 Å². The summed E-state index contributed by atoms with van der Waals surface area (Å²) in [7, 11) is 0. The number of aryl methyl sites for hydroxylation is 1. The van der Waals surface area contributed by atoms with Crippen molar-refractivity contribution in [3.63, 3.8) is 0 Å². The first-order valence-corrected chi connectivity index (χ1v) is 7.48.